The van der Waals surface area contributed by atoms with Crippen molar-refractivity contribution in [1.82, 2.24) is 0 Å². The van der Waals surface area contributed by atoms with E-state index in [1.54, 1.807) is 24.3 Å². The Morgan fingerprint density at radius 1 is 1.18 bits per heavy atom. The van der Waals surface area contributed by atoms with E-state index in [1.807, 2.05) is 0 Å². The highest BCUT2D eigenvalue weighted by Crippen LogP contribution is 2.40. The minimum absolute atomic E-state index is 0.00346. The molecule has 1 aliphatic heterocycles. The zero-order chi connectivity index (χ0) is 20.5. The Bertz CT molecular complexity index is 922. The van der Waals surface area contributed by atoms with E-state index in [4.69, 9.17) is 32.7 Å². The standard InChI is InChI=1S/C20H15Cl2F3O3/c1-2-27-19(26)15-8-13-9-16(22)12(7-11-3-5-14(21)6-4-11)10-17(13)28-18(15)20(23,24)25/h3-6,8-10,18H,2,7H2,1H3. The zero-order valence-corrected chi connectivity index (χ0v) is 16.2. The second kappa shape index (κ2) is 8.05. The lowest BCUT2D eigenvalue weighted by Gasteiger charge is -2.28. The van der Waals surface area contributed by atoms with Gasteiger partial charge in [0, 0.05) is 15.6 Å². The van der Waals surface area contributed by atoms with Crippen molar-refractivity contribution in [3.05, 3.63) is 68.7 Å². The summed E-state index contributed by atoms with van der Waals surface area (Å²) in [5.41, 5.74) is 1.16. The van der Waals surface area contributed by atoms with Crippen molar-refractivity contribution in [2.45, 2.75) is 25.6 Å². The summed E-state index contributed by atoms with van der Waals surface area (Å²) >= 11 is 12.2. The van der Waals surface area contributed by atoms with Crippen molar-refractivity contribution in [1.29, 1.82) is 0 Å². The molecule has 148 valence electrons. The third kappa shape index (κ3) is 4.45. The fourth-order valence-corrected chi connectivity index (χ4v) is 3.21. The van der Waals surface area contributed by atoms with E-state index in [0.717, 1.165) is 11.6 Å². The highest BCUT2D eigenvalue weighted by molar-refractivity contribution is 6.31. The highest BCUT2D eigenvalue weighted by atomic mass is 35.5. The molecule has 8 heteroatoms. The average Bonchev–Trinajstić information content (AvgIpc) is 2.62. The van der Waals surface area contributed by atoms with Gasteiger partial charge in [0.25, 0.3) is 0 Å². The average molecular weight is 431 g/mol. The molecule has 0 aliphatic carbocycles. The summed E-state index contributed by atoms with van der Waals surface area (Å²) in [5.74, 6) is -1.07. The van der Waals surface area contributed by atoms with Gasteiger partial charge in [0.1, 0.15) is 5.75 Å². The van der Waals surface area contributed by atoms with Gasteiger partial charge in [-0.25, -0.2) is 4.79 Å². The SMILES string of the molecule is CCOC(=O)C1=Cc2cc(Cl)c(Cc3ccc(Cl)cc3)cc2OC1C(F)(F)F. The number of halogens is 5. The molecule has 28 heavy (non-hydrogen) atoms. The first kappa shape index (κ1) is 20.6. The Labute approximate surface area is 169 Å². The second-order valence-electron chi connectivity index (χ2n) is 6.14. The summed E-state index contributed by atoms with van der Waals surface area (Å²) in [7, 11) is 0. The summed E-state index contributed by atoms with van der Waals surface area (Å²) in [6, 6.07) is 9.98. The monoisotopic (exact) mass is 430 g/mol. The van der Waals surface area contributed by atoms with Gasteiger partial charge in [-0.05, 0) is 54.8 Å². The van der Waals surface area contributed by atoms with Crippen molar-refractivity contribution in [3.8, 4) is 5.75 Å². The molecule has 1 unspecified atom stereocenters. The molecule has 1 aliphatic rings. The minimum atomic E-state index is -4.77. The summed E-state index contributed by atoms with van der Waals surface area (Å²) in [6.07, 6.45) is -5.67. The van der Waals surface area contributed by atoms with Crippen LogP contribution in [0.1, 0.15) is 23.6 Å². The minimum Gasteiger partial charge on any atom is -0.475 e. The Hall–Kier alpha value is -2.18. The van der Waals surface area contributed by atoms with E-state index < -0.39 is 23.8 Å². The number of carbonyl (C=O) groups is 1. The van der Waals surface area contributed by atoms with E-state index in [-0.39, 0.29) is 17.9 Å². The van der Waals surface area contributed by atoms with E-state index in [9.17, 15) is 18.0 Å². The number of esters is 1. The van der Waals surface area contributed by atoms with Crippen LogP contribution in [0.15, 0.2) is 42.0 Å². The van der Waals surface area contributed by atoms with Gasteiger partial charge in [0.2, 0.25) is 6.10 Å². The van der Waals surface area contributed by atoms with Gasteiger partial charge in [0.15, 0.2) is 0 Å². The molecule has 1 heterocycles. The van der Waals surface area contributed by atoms with Crippen molar-refractivity contribution in [2.24, 2.45) is 0 Å². The van der Waals surface area contributed by atoms with Gasteiger partial charge in [-0.15, -0.1) is 0 Å². The largest absolute Gasteiger partial charge is 0.475 e. The second-order valence-corrected chi connectivity index (χ2v) is 6.99. The van der Waals surface area contributed by atoms with Gasteiger partial charge >= 0.3 is 12.1 Å². The van der Waals surface area contributed by atoms with Gasteiger partial charge in [-0.2, -0.15) is 13.2 Å². The smallest absolute Gasteiger partial charge is 0.430 e. The molecule has 0 amide bonds. The third-order valence-corrected chi connectivity index (χ3v) is 4.74. The molecule has 0 N–H and O–H groups in total. The van der Waals surface area contributed by atoms with E-state index in [1.165, 1.54) is 19.1 Å². The zero-order valence-electron chi connectivity index (χ0n) is 14.6. The molecule has 2 aromatic carbocycles. The van der Waals surface area contributed by atoms with Crippen LogP contribution in [0, 0.1) is 0 Å². The van der Waals surface area contributed by atoms with Crippen LogP contribution in [-0.4, -0.2) is 24.9 Å². The van der Waals surface area contributed by atoms with Crippen LogP contribution in [0.25, 0.3) is 6.08 Å². The number of hydrogen-bond donors (Lipinski definition) is 0. The van der Waals surface area contributed by atoms with Crippen molar-refractivity contribution in [2.75, 3.05) is 6.61 Å². The van der Waals surface area contributed by atoms with Crippen molar-refractivity contribution < 1.29 is 27.4 Å². The van der Waals surface area contributed by atoms with Gasteiger partial charge in [0.05, 0.1) is 12.2 Å². The van der Waals surface area contributed by atoms with Crippen LogP contribution < -0.4 is 4.74 Å². The number of rotatable bonds is 4. The number of alkyl halides is 3. The van der Waals surface area contributed by atoms with Crippen LogP contribution in [0.2, 0.25) is 10.0 Å². The molecule has 0 aromatic heterocycles. The molecular weight excluding hydrogens is 416 g/mol. The Balaban J connectivity index is 1.99. The maximum absolute atomic E-state index is 13.4. The predicted molar refractivity (Wildman–Crippen MR) is 101 cm³/mol. The Morgan fingerprint density at radius 2 is 1.86 bits per heavy atom. The maximum Gasteiger partial charge on any atom is 0.430 e. The first-order valence-electron chi connectivity index (χ1n) is 8.38. The predicted octanol–water partition coefficient (Wildman–Crippen LogP) is 5.85. The molecule has 1 atom stereocenters. The summed E-state index contributed by atoms with van der Waals surface area (Å²) in [4.78, 5) is 12.0. The first-order chi connectivity index (χ1) is 13.2. The van der Waals surface area contributed by atoms with E-state index in [0.29, 0.717) is 22.0 Å². The lowest BCUT2D eigenvalue weighted by atomic mass is 9.97. The highest BCUT2D eigenvalue weighted by Gasteiger charge is 2.48. The van der Waals surface area contributed by atoms with Crippen LogP contribution >= 0.6 is 23.2 Å². The van der Waals surface area contributed by atoms with Crippen LogP contribution in [0.4, 0.5) is 13.2 Å². The molecule has 0 saturated carbocycles. The fourth-order valence-electron chi connectivity index (χ4n) is 2.84. The first-order valence-corrected chi connectivity index (χ1v) is 9.13. The number of carbonyl (C=O) groups excluding carboxylic acids is 1. The number of hydrogen-bond acceptors (Lipinski definition) is 3. The lowest BCUT2D eigenvalue weighted by molar-refractivity contribution is -0.187. The molecule has 2 aromatic rings. The third-order valence-electron chi connectivity index (χ3n) is 4.13. The molecule has 0 saturated heterocycles. The molecule has 0 fully saturated rings. The van der Waals surface area contributed by atoms with Crippen LogP contribution in [0.5, 0.6) is 5.75 Å². The Kier molecular flexibility index (Phi) is 5.91. The summed E-state index contributed by atoms with van der Waals surface area (Å²) in [5, 5.41) is 0.926. The van der Waals surface area contributed by atoms with Crippen molar-refractivity contribution >= 4 is 35.2 Å². The van der Waals surface area contributed by atoms with Crippen LogP contribution in [-0.2, 0) is 16.0 Å². The maximum atomic E-state index is 13.4. The Morgan fingerprint density at radius 3 is 2.46 bits per heavy atom. The van der Waals surface area contributed by atoms with Gasteiger partial charge in [-0.1, -0.05) is 35.3 Å². The molecule has 0 radical (unpaired) electrons. The molecule has 0 spiro atoms. The number of fused-ring (bicyclic) bond motifs is 1. The summed E-state index contributed by atoms with van der Waals surface area (Å²) in [6.45, 7) is 1.47. The quantitative estimate of drug-likeness (QED) is 0.570. The molecule has 0 bridgehead atoms. The van der Waals surface area contributed by atoms with E-state index >= 15 is 0 Å². The fraction of sp³-hybridized carbons (Fsp3) is 0.250. The summed E-state index contributed by atoms with van der Waals surface area (Å²) < 4.78 is 50.2. The molecule has 3 nitrogen and oxygen atoms in total. The van der Waals surface area contributed by atoms with Gasteiger partial charge in [-0.3, -0.25) is 0 Å². The van der Waals surface area contributed by atoms with Gasteiger partial charge < -0.3 is 9.47 Å². The lowest BCUT2D eigenvalue weighted by Crippen LogP contribution is -2.40. The van der Waals surface area contributed by atoms with E-state index in [2.05, 4.69) is 0 Å². The number of ether oxygens (including phenoxy) is 2. The molecule has 3 rings (SSSR count). The van der Waals surface area contributed by atoms with Crippen molar-refractivity contribution in [3.63, 3.8) is 0 Å². The normalized spacial score (nSPS) is 16.1. The van der Waals surface area contributed by atoms with Crippen LogP contribution in [0.3, 0.4) is 0 Å². The number of benzene rings is 2. The molecular formula is C20H15Cl2F3O3. The topological polar surface area (TPSA) is 35.5 Å².